The Bertz CT molecular complexity index is 329. The molecule has 0 spiro atoms. The lowest BCUT2D eigenvalue weighted by molar-refractivity contribution is 0.397. The summed E-state index contributed by atoms with van der Waals surface area (Å²) in [6.45, 7) is 2.28. The Balaban J connectivity index is 2.03. The van der Waals surface area contributed by atoms with Crippen molar-refractivity contribution in [3.8, 4) is 5.88 Å². The topological polar surface area (TPSA) is 47.0 Å². The number of nitrogens with zero attached hydrogens (tertiary/aromatic N) is 2. The Kier molecular flexibility index (Phi) is 3.04. The first-order valence-corrected chi connectivity index (χ1v) is 5.42. The highest BCUT2D eigenvalue weighted by Gasteiger charge is 2.23. The number of ether oxygens (including phenoxy) is 1. The maximum atomic E-state index is 5.06. The zero-order chi connectivity index (χ0) is 10.7. The molecule has 2 rings (SSSR count). The molecular formula is C11H17N3O. The molecule has 0 radical (unpaired) electrons. The Morgan fingerprint density at radius 2 is 2.27 bits per heavy atom. The normalized spacial score (nSPS) is 25.2. The fourth-order valence-electron chi connectivity index (χ4n) is 2.08. The summed E-state index contributed by atoms with van der Waals surface area (Å²) in [6, 6.07) is 2.38. The first-order chi connectivity index (χ1) is 7.29. The van der Waals surface area contributed by atoms with Crippen LogP contribution in [0.3, 0.4) is 0 Å². The number of anilines is 1. The number of hydrogen-bond donors (Lipinski definition) is 1. The Morgan fingerprint density at radius 1 is 1.40 bits per heavy atom. The van der Waals surface area contributed by atoms with Crippen molar-refractivity contribution in [2.75, 3.05) is 12.4 Å². The Hall–Kier alpha value is -1.32. The third kappa shape index (κ3) is 2.37. The van der Waals surface area contributed by atoms with E-state index in [2.05, 4.69) is 22.2 Å². The van der Waals surface area contributed by atoms with Crippen LogP contribution in [-0.4, -0.2) is 23.1 Å². The third-order valence-electron chi connectivity index (χ3n) is 3.05. The molecule has 0 saturated heterocycles. The van der Waals surface area contributed by atoms with Crippen LogP contribution < -0.4 is 10.1 Å². The minimum atomic E-state index is 0.546. The SMILES string of the molecule is COc1cc(NC2CCCC2C)ncn1. The summed E-state index contributed by atoms with van der Waals surface area (Å²) in [5.41, 5.74) is 0. The summed E-state index contributed by atoms with van der Waals surface area (Å²) in [4.78, 5) is 8.16. The maximum Gasteiger partial charge on any atom is 0.218 e. The molecule has 0 aliphatic heterocycles. The van der Waals surface area contributed by atoms with Crippen LogP contribution in [0, 0.1) is 5.92 Å². The van der Waals surface area contributed by atoms with E-state index in [1.54, 1.807) is 7.11 Å². The van der Waals surface area contributed by atoms with Gasteiger partial charge in [0.25, 0.3) is 0 Å². The summed E-state index contributed by atoms with van der Waals surface area (Å²) in [5, 5.41) is 3.43. The molecule has 15 heavy (non-hydrogen) atoms. The highest BCUT2D eigenvalue weighted by Crippen LogP contribution is 2.27. The van der Waals surface area contributed by atoms with Crippen molar-refractivity contribution in [3.05, 3.63) is 12.4 Å². The lowest BCUT2D eigenvalue weighted by Gasteiger charge is -2.17. The molecule has 4 nitrogen and oxygen atoms in total. The van der Waals surface area contributed by atoms with Crippen LogP contribution >= 0.6 is 0 Å². The second-order valence-electron chi connectivity index (χ2n) is 4.10. The molecule has 1 aliphatic rings. The molecule has 1 N–H and O–H groups in total. The molecule has 2 unspecified atom stereocenters. The molecule has 82 valence electrons. The second-order valence-corrected chi connectivity index (χ2v) is 4.10. The van der Waals surface area contributed by atoms with Crippen molar-refractivity contribution in [3.63, 3.8) is 0 Å². The molecule has 1 aromatic rings. The summed E-state index contributed by atoms with van der Waals surface area (Å²) in [6.07, 6.45) is 5.37. The van der Waals surface area contributed by atoms with Crippen molar-refractivity contribution in [1.29, 1.82) is 0 Å². The van der Waals surface area contributed by atoms with Crippen LogP contribution in [0.25, 0.3) is 0 Å². The van der Waals surface area contributed by atoms with Crippen LogP contribution in [0.5, 0.6) is 5.88 Å². The number of hydrogen-bond acceptors (Lipinski definition) is 4. The number of nitrogens with one attached hydrogen (secondary N) is 1. The van der Waals surface area contributed by atoms with E-state index in [0.717, 1.165) is 11.7 Å². The largest absolute Gasteiger partial charge is 0.481 e. The van der Waals surface area contributed by atoms with Crippen molar-refractivity contribution in [2.45, 2.75) is 32.2 Å². The van der Waals surface area contributed by atoms with Gasteiger partial charge >= 0.3 is 0 Å². The molecule has 4 heteroatoms. The van der Waals surface area contributed by atoms with Gasteiger partial charge in [0.05, 0.1) is 7.11 Å². The van der Waals surface area contributed by atoms with Crippen molar-refractivity contribution < 1.29 is 4.74 Å². The molecule has 0 bridgehead atoms. The smallest absolute Gasteiger partial charge is 0.218 e. The van der Waals surface area contributed by atoms with Gasteiger partial charge in [0.15, 0.2) is 0 Å². The van der Waals surface area contributed by atoms with Gasteiger partial charge in [0, 0.05) is 12.1 Å². The first kappa shape index (κ1) is 10.2. The summed E-state index contributed by atoms with van der Waals surface area (Å²) in [5.74, 6) is 2.20. The molecule has 0 aromatic carbocycles. The monoisotopic (exact) mass is 207 g/mol. The number of methoxy groups -OCH3 is 1. The van der Waals surface area contributed by atoms with Gasteiger partial charge in [-0.1, -0.05) is 13.3 Å². The third-order valence-corrected chi connectivity index (χ3v) is 3.05. The quantitative estimate of drug-likeness (QED) is 0.824. The minimum Gasteiger partial charge on any atom is -0.481 e. The lowest BCUT2D eigenvalue weighted by atomic mass is 10.1. The minimum absolute atomic E-state index is 0.546. The molecule has 2 atom stereocenters. The molecule has 1 fully saturated rings. The molecule has 1 heterocycles. The zero-order valence-corrected chi connectivity index (χ0v) is 9.23. The van der Waals surface area contributed by atoms with Gasteiger partial charge in [-0.05, 0) is 18.8 Å². The first-order valence-electron chi connectivity index (χ1n) is 5.42. The van der Waals surface area contributed by atoms with Crippen LogP contribution in [0.2, 0.25) is 0 Å². The molecule has 1 saturated carbocycles. The number of rotatable bonds is 3. The fourth-order valence-corrected chi connectivity index (χ4v) is 2.08. The Labute approximate surface area is 90.1 Å². The van der Waals surface area contributed by atoms with Gasteiger partial charge in [-0.15, -0.1) is 0 Å². The van der Waals surface area contributed by atoms with Crippen LogP contribution in [0.1, 0.15) is 26.2 Å². The van der Waals surface area contributed by atoms with Gasteiger partial charge in [0.1, 0.15) is 12.1 Å². The van der Waals surface area contributed by atoms with Gasteiger partial charge in [-0.3, -0.25) is 0 Å². The lowest BCUT2D eigenvalue weighted by Crippen LogP contribution is -2.22. The van der Waals surface area contributed by atoms with Gasteiger partial charge in [-0.2, -0.15) is 0 Å². The molecular weight excluding hydrogens is 190 g/mol. The predicted molar refractivity (Wildman–Crippen MR) is 59.0 cm³/mol. The van der Waals surface area contributed by atoms with E-state index in [4.69, 9.17) is 4.74 Å². The van der Waals surface area contributed by atoms with E-state index in [-0.39, 0.29) is 0 Å². The molecule has 0 amide bonds. The van der Waals surface area contributed by atoms with E-state index >= 15 is 0 Å². The molecule has 1 aromatic heterocycles. The van der Waals surface area contributed by atoms with Crippen molar-refractivity contribution in [2.24, 2.45) is 5.92 Å². The Morgan fingerprint density at radius 3 is 2.93 bits per heavy atom. The summed E-state index contributed by atoms with van der Waals surface area (Å²) >= 11 is 0. The number of aromatic nitrogens is 2. The van der Waals surface area contributed by atoms with E-state index < -0.39 is 0 Å². The highest BCUT2D eigenvalue weighted by molar-refractivity contribution is 5.38. The molecule has 1 aliphatic carbocycles. The van der Waals surface area contributed by atoms with E-state index in [1.165, 1.54) is 25.6 Å². The highest BCUT2D eigenvalue weighted by atomic mass is 16.5. The standard InChI is InChI=1S/C11H17N3O/c1-8-4-3-5-9(8)14-10-6-11(15-2)13-7-12-10/h6-9H,3-5H2,1-2H3,(H,12,13,14). The van der Waals surface area contributed by atoms with Gasteiger partial charge in [-0.25, -0.2) is 9.97 Å². The van der Waals surface area contributed by atoms with E-state index in [9.17, 15) is 0 Å². The van der Waals surface area contributed by atoms with E-state index in [1.807, 2.05) is 6.07 Å². The van der Waals surface area contributed by atoms with Crippen molar-refractivity contribution in [1.82, 2.24) is 9.97 Å². The van der Waals surface area contributed by atoms with Crippen molar-refractivity contribution >= 4 is 5.82 Å². The van der Waals surface area contributed by atoms with E-state index in [0.29, 0.717) is 11.9 Å². The average Bonchev–Trinajstić information content (AvgIpc) is 2.65. The average molecular weight is 207 g/mol. The predicted octanol–water partition coefficient (Wildman–Crippen LogP) is 2.09. The fraction of sp³-hybridized carbons (Fsp3) is 0.636. The van der Waals surface area contributed by atoms with Crippen LogP contribution in [0.4, 0.5) is 5.82 Å². The maximum absolute atomic E-state index is 5.06. The van der Waals surface area contributed by atoms with Gasteiger partial charge < -0.3 is 10.1 Å². The summed E-state index contributed by atoms with van der Waals surface area (Å²) < 4.78 is 5.06. The van der Waals surface area contributed by atoms with Crippen LogP contribution in [0.15, 0.2) is 12.4 Å². The zero-order valence-electron chi connectivity index (χ0n) is 9.23. The summed E-state index contributed by atoms with van der Waals surface area (Å²) in [7, 11) is 1.62. The van der Waals surface area contributed by atoms with Crippen LogP contribution in [-0.2, 0) is 0 Å². The second kappa shape index (κ2) is 4.47. The van der Waals surface area contributed by atoms with Gasteiger partial charge in [0.2, 0.25) is 5.88 Å².